The number of guanidine groups is 1. The smallest absolute Gasteiger partial charge is 0.191 e. The third-order valence-corrected chi connectivity index (χ3v) is 3.40. The van der Waals surface area contributed by atoms with Gasteiger partial charge in [0.05, 0.1) is 19.9 Å². The maximum Gasteiger partial charge on any atom is 0.191 e. The van der Waals surface area contributed by atoms with E-state index in [1.807, 2.05) is 30.3 Å². The van der Waals surface area contributed by atoms with Crippen molar-refractivity contribution >= 4 is 5.96 Å². The lowest BCUT2D eigenvalue weighted by molar-refractivity contribution is 0.320. The molecule has 1 aromatic carbocycles. The summed E-state index contributed by atoms with van der Waals surface area (Å²) in [5.74, 6) is 2.42. The summed E-state index contributed by atoms with van der Waals surface area (Å²) in [4.78, 5) is 8.21. The minimum absolute atomic E-state index is 0.541. The molecule has 0 radical (unpaired) electrons. The van der Waals surface area contributed by atoms with Crippen molar-refractivity contribution in [3.8, 4) is 11.5 Å². The normalized spacial score (nSPS) is 11.0. The molecule has 1 aromatic heterocycles. The SMILES string of the molecule is CN=C(NCCOc1cccnc1)NCCc1ccccc1OC. The van der Waals surface area contributed by atoms with Crippen LogP contribution in [0.2, 0.25) is 0 Å². The summed E-state index contributed by atoms with van der Waals surface area (Å²) in [6.07, 6.45) is 4.27. The summed E-state index contributed by atoms with van der Waals surface area (Å²) in [6.45, 7) is 1.96. The molecule has 0 amide bonds. The van der Waals surface area contributed by atoms with Crippen molar-refractivity contribution in [2.24, 2.45) is 4.99 Å². The highest BCUT2D eigenvalue weighted by molar-refractivity contribution is 5.79. The molecule has 0 saturated heterocycles. The minimum atomic E-state index is 0.541. The summed E-state index contributed by atoms with van der Waals surface area (Å²) >= 11 is 0. The average Bonchev–Trinajstić information content (AvgIpc) is 2.65. The first-order valence-corrected chi connectivity index (χ1v) is 7.92. The van der Waals surface area contributed by atoms with Gasteiger partial charge in [-0.05, 0) is 30.2 Å². The maximum absolute atomic E-state index is 5.58. The van der Waals surface area contributed by atoms with Gasteiger partial charge in [0.1, 0.15) is 18.1 Å². The minimum Gasteiger partial charge on any atom is -0.496 e. The third kappa shape index (κ3) is 5.79. The first-order chi connectivity index (χ1) is 11.8. The lowest BCUT2D eigenvalue weighted by Crippen LogP contribution is -2.40. The first-order valence-electron chi connectivity index (χ1n) is 7.92. The Balaban J connectivity index is 1.67. The third-order valence-electron chi connectivity index (χ3n) is 3.40. The Morgan fingerprint density at radius 3 is 2.71 bits per heavy atom. The molecular formula is C18H24N4O2. The molecule has 24 heavy (non-hydrogen) atoms. The number of ether oxygens (including phenoxy) is 2. The van der Waals surface area contributed by atoms with E-state index in [2.05, 4.69) is 26.7 Å². The van der Waals surface area contributed by atoms with Crippen LogP contribution in [-0.4, -0.2) is 44.8 Å². The number of benzene rings is 1. The van der Waals surface area contributed by atoms with Crippen LogP contribution in [-0.2, 0) is 6.42 Å². The van der Waals surface area contributed by atoms with Crippen LogP contribution in [0.25, 0.3) is 0 Å². The van der Waals surface area contributed by atoms with Crippen molar-refractivity contribution in [1.82, 2.24) is 15.6 Å². The van der Waals surface area contributed by atoms with Gasteiger partial charge in [-0.3, -0.25) is 9.98 Å². The number of rotatable bonds is 8. The number of methoxy groups -OCH3 is 1. The van der Waals surface area contributed by atoms with Crippen molar-refractivity contribution in [2.45, 2.75) is 6.42 Å². The Labute approximate surface area is 142 Å². The van der Waals surface area contributed by atoms with Crippen molar-refractivity contribution < 1.29 is 9.47 Å². The number of para-hydroxylation sites is 1. The highest BCUT2D eigenvalue weighted by Gasteiger charge is 2.02. The molecule has 2 aromatic rings. The Hall–Kier alpha value is -2.76. The van der Waals surface area contributed by atoms with Crippen LogP contribution in [0.4, 0.5) is 0 Å². The molecule has 0 atom stereocenters. The Morgan fingerprint density at radius 2 is 1.96 bits per heavy atom. The predicted molar refractivity (Wildman–Crippen MR) is 95.8 cm³/mol. The zero-order valence-electron chi connectivity index (χ0n) is 14.2. The van der Waals surface area contributed by atoms with Gasteiger partial charge in [0.15, 0.2) is 5.96 Å². The standard InChI is InChI=1S/C18H24N4O2/c1-19-18(22-12-13-24-16-7-5-10-20-14-16)21-11-9-15-6-3-4-8-17(15)23-2/h3-8,10,14H,9,11-13H2,1-2H3,(H2,19,21,22). The van der Waals surface area contributed by atoms with Gasteiger partial charge in [-0.15, -0.1) is 0 Å². The molecule has 0 aliphatic rings. The number of nitrogens with zero attached hydrogens (tertiary/aromatic N) is 2. The van der Waals surface area contributed by atoms with E-state index in [1.165, 1.54) is 5.56 Å². The topological polar surface area (TPSA) is 67.8 Å². The molecule has 0 saturated carbocycles. The fraction of sp³-hybridized carbons (Fsp3) is 0.333. The van der Waals surface area contributed by atoms with Crippen molar-refractivity contribution in [3.63, 3.8) is 0 Å². The molecule has 0 unspecified atom stereocenters. The van der Waals surface area contributed by atoms with Crippen LogP contribution < -0.4 is 20.1 Å². The van der Waals surface area contributed by atoms with Gasteiger partial charge in [0.25, 0.3) is 0 Å². The van der Waals surface area contributed by atoms with Crippen LogP contribution in [0.15, 0.2) is 53.8 Å². The molecule has 0 bridgehead atoms. The van der Waals surface area contributed by atoms with Crippen LogP contribution in [0.3, 0.4) is 0 Å². The number of hydrogen-bond donors (Lipinski definition) is 2. The van der Waals surface area contributed by atoms with E-state index in [4.69, 9.17) is 9.47 Å². The number of pyridine rings is 1. The van der Waals surface area contributed by atoms with E-state index < -0.39 is 0 Å². The summed E-state index contributed by atoms with van der Waals surface area (Å²) in [6, 6.07) is 11.8. The van der Waals surface area contributed by atoms with Crippen LogP contribution in [0.5, 0.6) is 11.5 Å². The van der Waals surface area contributed by atoms with E-state index in [0.29, 0.717) is 13.2 Å². The van der Waals surface area contributed by atoms with Gasteiger partial charge in [-0.25, -0.2) is 0 Å². The Morgan fingerprint density at radius 1 is 1.12 bits per heavy atom. The predicted octanol–water partition coefficient (Wildman–Crippen LogP) is 1.88. The van der Waals surface area contributed by atoms with Gasteiger partial charge in [-0.1, -0.05) is 18.2 Å². The second kappa shape index (κ2) is 10.1. The number of hydrogen-bond acceptors (Lipinski definition) is 4. The summed E-state index contributed by atoms with van der Waals surface area (Å²) in [7, 11) is 3.44. The molecule has 6 nitrogen and oxygen atoms in total. The molecule has 2 rings (SSSR count). The van der Waals surface area contributed by atoms with Crippen LogP contribution in [0.1, 0.15) is 5.56 Å². The number of nitrogens with one attached hydrogen (secondary N) is 2. The van der Waals surface area contributed by atoms with Crippen LogP contribution >= 0.6 is 0 Å². The highest BCUT2D eigenvalue weighted by Crippen LogP contribution is 2.17. The van der Waals surface area contributed by atoms with Gasteiger partial charge in [0.2, 0.25) is 0 Å². The molecule has 0 aliphatic carbocycles. The molecule has 2 N–H and O–H groups in total. The van der Waals surface area contributed by atoms with E-state index in [1.54, 1.807) is 26.6 Å². The molecule has 6 heteroatoms. The largest absolute Gasteiger partial charge is 0.496 e. The quantitative estimate of drug-likeness (QED) is 0.440. The number of aliphatic imine (C=N–C) groups is 1. The Kier molecular flexibility index (Phi) is 7.40. The van der Waals surface area contributed by atoms with Gasteiger partial charge in [-0.2, -0.15) is 0 Å². The maximum atomic E-state index is 5.58. The lowest BCUT2D eigenvalue weighted by atomic mass is 10.1. The molecule has 0 spiro atoms. The molecule has 1 heterocycles. The zero-order valence-corrected chi connectivity index (χ0v) is 14.2. The summed E-state index contributed by atoms with van der Waals surface area (Å²) in [5.41, 5.74) is 1.17. The summed E-state index contributed by atoms with van der Waals surface area (Å²) in [5, 5.41) is 6.50. The van der Waals surface area contributed by atoms with E-state index in [-0.39, 0.29) is 0 Å². The van der Waals surface area contributed by atoms with Crippen molar-refractivity contribution in [1.29, 1.82) is 0 Å². The van der Waals surface area contributed by atoms with Crippen LogP contribution in [0, 0.1) is 0 Å². The second-order valence-electron chi connectivity index (χ2n) is 5.02. The molecular weight excluding hydrogens is 304 g/mol. The first kappa shape index (κ1) is 17.6. The van der Waals surface area contributed by atoms with Gasteiger partial charge in [0, 0.05) is 19.8 Å². The van der Waals surface area contributed by atoms with Crippen molar-refractivity contribution in [3.05, 3.63) is 54.4 Å². The molecule has 128 valence electrons. The van der Waals surface area contributed by atoms with E-state index >= 15 is 0 Å². The second-order valence-corrected chi connectivity index (χ2v) is 5.02. The van der Waals surface area contributed by atoms with E-state index in [0.717, 1.165) is 30.4 Å². The Bertz CT molecular complexity index is 632. The zero-order chi connectivity index (χ0) is 17.0. The average molecular weight is 328 g/mol. The lowest BCUT2D eigenvalue weighted by Gasteiger charge is -2.13. The van der Waals surface area contributed by atoms with E-state index in [9.17, 15) is 0 Å². The molecule has 0 fully saturated rings. The summed E-state index contributed by atoms with van der Waals surface area (Å²) < 4.78 is 10.9. The van der Waals surface area contributed by atoms with Gasteiger partial charge < -0.3 is 20.1 Å². The number of aromatic nitrogens is 1. The van der Waals surface area contributed by atoms with Crippen molar-refractivity contribution in [2.75, 3.05) is 33.9 Å². The monoisotopic (exact) mass is 328 g/mol. The molecule has 0 aliphatic heterocycles. The fourth-order valence-corrected chi connectivity index (χ4v) is 2.22. The fourth-order valence-electron chi connectivity index (χ4n) is 2.22. The highest BCUT2D eigenvalue weighted by atomic mass is 16.5. The van der Waals surface area contributed by atoms with Gasteiger partial charge >= 0.3 is 0 Å².